The Labute approximate surface area is 123 Å². The van der Waals surface area contributed by atoms with E-state index in [1.165, 1.54) is 18.1 Å². The van der Waals surface area contributed by atoms with E-state index in [-0.39, 0.29) is 5.91 Å². The number of carbonyl (C=O) groups excluding carboxylic acids is 1. The number of aromatic amines is 1. The van der Waals surface area contributed by atoms with Crippen LogP contribution in [0.4, 0.5) is 5.69 Å². The monoisotopic (exact) mass is 279 g/mol. The topological polar surface area (TPSA) is 57.8 Å². The van der Waals surface area contributed by atoms with Crippen molar-refractivity contribution in [2.45, 2.75) is 20.8 Å². The minimum Gasteiger partial charge on any atom is -0.338 e. The number of hydrogen-bond donors (Lipinski definition) is 2. The molecule has 0 fully saturated rings. The van der Waals surface area contributed by atoms with Gasteiger partial charge in [0, 0.05) is 18.2 Å². The van der Waals surface area contributed by atoms with Gasteiger partial charge in [-0.2, -0.15) is 0 Å². The van der Waals surface area contributed by atoms with Crippen molar-refractivity contribution in [1.82, 2.24) is 9.97 Å². The Morgan fingerprint density at radius 3 is 2.43 bits per heavy atom. The number of nitrogens with one attached hydrogen (secondary N) is 2. The van der Waals surface area contributed by atoms with Crippen LogP contribution in [0.1, 0.15) is 18.1 Å². The van der Waals surface area contributed by atoms with Gasteiger partial charge in [-0.05, 0) is 61.4 Å². The number of hydrogen-bond acceptors (Lipinski definition) is 2. The molecule has 1 aromatic heterocycles. The lowest BCUT2D eigenvalue weighted by molar-refractivity contribution is -0.114. The molecule has 106 valence electrons. The Hall–Kier alpha value is -2.62. The average Bonchev–Trinajstić information content (AvgIpc) is 2.82. The van der Waals surface area contributed by atoms with Gasteiger partial charge in [0.15, 0.2) is 0 Å². The second-order valence-electron chi connectivity index (χ2n) is 5.30. The van der Waals surface area contributed by atoms with Crippen molar-refractivity contribution in [3.8, 4) is 11.4 Å². The van der Waals surface area contributed by atoms with Gasteiger partial charge in [-0.1, -0.05) is 0 Å². The van der Waals surface area contributed by atoms with Crippen LogP contribution >= 0.6 is 0 Å². The highest BCUT2D eigenvalue weighted by Crippen LogP contribution is 2.24. The summed E-state index contributed by atoms with van der Waals surface area (Å²) in [5.41, 5.74) is 6.28. The van der Waals surface area contributed by atoms with Crippen molar-refractivity contribution in [1.29, 1.82) is 0 Å². The first-order chi connectivity index (χ1) is 10.0. The molecule has 0 spiro atoms. The molecule has 3 aromatic rings. The lowest BCUT2D eigenvalue weighted by Crippen LogP contribution is -2.05. The summed E-state index contributed by atoms with van der Waals surface area (Å²) < 4.78 is 0. The Bertz CT molecular complexity index is 777. The molecule has 0 aliphatic carbocycles. The molecule has 0 aliphatic rings. The maximum atomic E-state index is 11.0. The minimum absolute atomic E-state index is 0.0718. The van der Waals surface area contributed by atoms with E-state index in [0.717, 1.165) is 28.1 Å². The molecule has 4 nitrogen and oxygen atoms in total. The number of rotatable bonds is 2. The van der Waals surface area contributed by atoms with Crippen molar-refractivity contribution in [2.75, 3.05) is 5.32 Å². The molecular formula is C17H17N3O. The molecule has 0 bridgehead atoms. The summed E-state index contributed by atoms with van der Waals surface area (Å²) in [6.45, 7) is 5.68. The van der Waals surface area contributed by atoms with Crippen LogP contribution in [-0.2, 0) is 4.79 Å². The van der Waals surface area contributed by atoms with Crippen LogP contribution in [0.25, 0.3) is 22.4 Å². The molecule has 0 radical (unpaired) electrons. The van der Waals surface area contributed by atoms with Crippen molar-refractivity contribution >= 4 is 22.6 Å². The summed E-state index contributed by atoms with van der Waals surface area (Å²) in [6, 6.07) is 11.9. The van der Waals surface area contributed by atoms with Crippen molar-refractivity contribution in [2.24, 2.45) is 0 Å². The smallest absolute Gasteiger partial charge is 0.221 e. The standard InChI is InChI=1S/C17H17N3O/c1-10-8-15-16(9-11(10)2)20-17(19-15)13-4-6-14(7-5-13)18-12(3)21/h4-9H,1-3H3,(H,18,21)(H,19,20). The van der Waals surface area contributed by atoms with Crippen LogP contribution in [0.3, 0.4) is 0 Å². The van der Waals surface area contributed by atoms with Gasteiger partial charge in [0.05, 0.1) is 11.0 Å². The number of fused-ring (bicyclic) bond motifs is 1. The van der Waals surface area contributed by atoms with Crippen molar-refractivity contribution < 1.29 is 4.79 Å². The number of imidazole rings is 1. The lowest BCUT2D eigenvalue weighted by Gasteiger charge is -2.02. The summed E-state index contributed by atoms with van der Waals surface area (Å²) in [6.07, 6.45) is 0. The predicted molar refractivity (Wildman–Crippen MR) is 85.3 cm³/mol. The van der Waals surface area contributed by atoms with Crippen LogP contribution in [0.15, 0.2) is 36.4 Å². The third-order valence-corrected chi connectivity index (χ3v) is 3.58. The van der Waals surface area contributed by atoms with E-state index in [4.69, 9.17) is 0 Å². The van der Waals surface area contributed by atoms with E-state index >= 15 is 0 Å². The molecular weight excluding hydrogens is 262 g/mol. The molecule has 0 unspecified atom stereocenters. The molecule has 0 saturated heterocycles. The summed E-state index contributed by atoms with van der Waals surface area (Å²) in [5.74, 6) is 0.766. The zero-order valence-corrected chi connectivity index (χ0v) is 12.3. The normalized spacial score (nSPS) is 10.8. The Morgan fingerprint density at radius 1 is 1.10 bits per heavy atom. The zero-order chi connectivity index (χ0) is 15.0. The maximum absolute atomic E-state index is 11.0. The number of carbonyl (C=O) groups is 1. The minimum atomic E-state index is -0.0718. The van der Waals surface area contributed by atoms with E-state index in [1.54, 1.807) is 0 Å². The van der Waals surface area contributed by atoms with Gasteiger partial charge >= 0.3 is 0 Å². The third kappa shape index (κ3) is 2.65. The van der Waals surface area contributed by atoms with Crippen LogP contribution in [-0.4, -0.2) is 15.9 Å². The number of nitrogens with zero attached hydrogens (tertiary/aromatic N) is 1. The largest absolute Gasteiger partial charge is 0.338 e. The van der Waals surface area contributed by atoms with Gasteiger partial charge in [0.1, 0.15) is 5.82 Å². The second-order valence-corrected chi connectivity index (χ2v) is 5.30. The van der Waals surface area contributed by atoms with Crippen molar-refractivity contribution in [3.05, 3.63) is 47.5 Å². The molecule has 1 amide bonds. The first-order valence-corrected chi connectivity index (χ1v) is 6.88. The zero-order valence-electron chi connectivity index (χ0n) is 12.3. The molecule has 4 heteroatoms. The quantitative estimate of drug-likeness (QED) is 0.749. The third-order valence-electron chi connectivity index (χ3n) is 3.58. The molecule has 1 heterocycles. The highest BCUT2D eigenvalue weighted by Gasteiger charge is 2.07. The molecule has 0 atom stereocenters. The Balaban J connectivity index is 1.98. The summed E-state index contributed by atoms with van der Waals surface area (Å²) >= 11 is 0. The van der Waals surface area contributed by atoms with Crippen LogP contribution < -0.4 is 5.32 Å². The number of anilines is 1. The SMILES string of the molecule is CC(=O)Nc1ccc(-c2nc3cc(C)c(C)cc3[nH]2)cc1. The van der Waals surface area contributed by atoms with Gasteiger partial charge in [0.25, 0.3) is 0 Å². The predicted octanol–water partition coefficient (Wildman–Crippen LogP) is 3.81. The number of aryl methyl sites for hydroxylation is 2. The summed E-state index contributed by atoms with van der Waals surface area (Å²) in [7, 11) is 0. The number of H-pyrrole nitrogens is 1. The van der Waals surface area contributed by atoms with E-state index < -0.39 is 0 Å². The van der Waals surface area contributed by atoms with Crippen molar-refractivity contribution in [3.63, 3.8) is 0 Å². The fourth-order valence-corrected chi connectivity index (χ4v) is 2.32. The first kappa shape index (κ1) is 13.4. The summed E-state index contributed by atoms with van der Waals surface area (Å²) in [4.78, 5) is 19.0. The van der Waals surface area contributed by atoms with Gasteiger partial charge in [-0.3, -0.25) is 4.79 Å². The lowest BCUT2D eigenvalue weighted by atomic mass is 10.1. The van der Waals surface area contributed by atoms with Gasteiger partial charge in [-0.25, -0.2) is 4.98 Å². The molecule has 21 heavy (non-hydrogen) atoms. The van der Waals surface area contributed by atoms with Gasteiger partial charge in [0.2, 0.25) is 5.91 Å². The fourth-order valence-electron chi connectivity index (χ4n) is 2.32. The van der Waals surface area contributed by atoms with Gasteiger partial charge < -0.3 is 10.3 Å². The highest BCUT2D eigenvalue weighted by atomic mass is 16.1. The molecule has 0 saturated carbocycles. The first-order valence-electron chi connectivity index (χ1n) is 6.88. The molecule has 0 aliphatic heterocycles. The number of aromatic nitrogens is 2. The Morgan fingerprint density at radius 2 is 1.76 bits per heavy atom. The summed E-state index contributed by atoms with van der Waals surface area (Å²) in [5, 5.41) is 2.76. The van der Waals surface area contributed by atoms with E-state index in [0.29, 0.717) is 0 Å². The molecule has 2 N–H and O–H groups in total. The highest BCUT2D eigenvalue weighted by molar-refractivity contribution is 5.89. The second kappa shape index (κ2) is 5.05. The van der Waals surface area contributed by atoms with Crippen LogP contribution in [0, 0.1) is 13.8 Å². The van der Waals surface area contributed by atoms with E-state index in [1.807, 2.05) is 24.3 Å². The average molecular weight is 279 g/mol. The fraction of sp³-hybridized carbons (Fsp3) is 0.176. The maximum Gasteiger partial charge on any atom is 0.221 e. The number of benzene rings is 2. The van der Waals surface area contributed by atoms with E-state index in [9.17, 15) is 4.79 Å². The molecule has 2 aromatic carbocycles. The van der Waals surface area contributed by atoms with Crippen LogP contribution in [0.2, 0.25) is 0 Å². The number of amides is 1. The van der Waals surface area contributed by atoms with E-state index in [2.05, 4.69) is 41.3 Å². The Kier molecular flexibility index (Phi) is 3.22. The van der Waals surface area contributed by atoms with Gasteiger partial charge in [-0.15, -0.1) is 0 Å². The van der Waals surface area contributed by atoms with Crippen LogP contribution in [0.5, 0.6) is 0 Å². The molecule has 3 rings (SSSR count).